The SMILES string of the molecule is CC.CSc1cc(C2CCOC2)ccc1N. The predicted octanol–water partition coefficient (Wildman–Crippen LogP) is 3.52. The second kappa shape index (κ2) is 6.81. The third kappa shape index (κ3) is 3.16. The molecule has 1 aromatic carbocycles. The van der Waals surface area contributed by atoms with Crippen LogP contribution in [0.15, 0.2) is 23.1 Å². The van der Waals surface area contributed by atoms with Gasteiger partial charge in [0.1, 0.15) is 0 Å². The van der Waals surface area contributed by atoms with Crippen LogP contribution in [0.25, 0.3) is 0 Å². The van der Waals surface area contributed by atoms with Gasteiger partial charge in [0, 0.05) is 23.1 Å². The van der Waals surface area contributed by atoms with Gasteiger partial charge in [-0.1, -0.05) is 19.9 Å². The van der Waals surface area contributed by atoms with Gasteiger partial charge in [-0.3, -0.25) is 0 Å². The molecule has 1 aliphatic heterocycles. The number of hydrogen-bond donors (Lipinski definition) is 1. The molecule has 16 heavy (non-hydrogen) atoms. The Labute approximate surface area is 103 Å². The first kappa shape index (κ1) is 13.4. The van der Waals surface area contributed by atoms with Crippen molar-refractivity contribution in [2.75, 3.05) is 25.2 Å². The summed E-state index contributed by atoms with van der Waals surface area (Å²) in [6.45, 7) is 5.75. The molecule has 1 saturated heterocycles. The van der Waals surface area contributed by atoms with E-state index < -0.39 is 0 Å². The zero-order valence-electron chi connectivity index (χ0n) is 10.3. The van der Waals surface area contributed by atoms with Crippen LogP contribution in [0.2, 0.25) is 0 Å². The highest BCUT2D eigenvalue weighted by Gasteiger charge is 2.18. The fourth-order valence-electron chi connectivity index (χ4n) is 1.78. The van der Waals surface area contributed by atoms with Gasteiger partial charge < -0.3 is 10.5 Å². The standard InChI is InChI=1S/C11H15NOS.C2H6/c1-14-11-6-8(2-3-10(11)12)9-4-5-13-7-9;1-2/h2-3,6,9H,4-5,7,12H2,1H3;1-2H3. The van der Waals surface area contributed by atoms with Crippen LogP contribution in [0.5, 0.6) is 0 Å². The lowest BCUT2D eigenvalue weighted by Gasteiger charge is -2.10. The summed E-state index contributed by atoms with van der Waals surface area (Å²) in [5, 5.41) is 0. The van der Waals surface area contributed by atoms with Gasteiger partial charge in [0.2, 0.25) is 0 Å². The molecular weight excluding hydrogens is 218 g/mol. The molecule has 2 nitrogen and oxygen atoms in total. The molecule has 2 rings (SSSR count). The summed E-state index contributed by atoms with van der Waals surface area (Å²) in [4.78, 5) is 1.18. The highest BCUT2D eigenvalue weighted by atomic mass is 32.2. The van der Waals surface area contributed by atoms with Crippen LogP contribution in [0.3, 0.4) is 0 Å². The van der Waals surface area contributed by atoms with E-state index >= 15 is 0 Å². The largest absolute Gasteiger partial charge is 0.398 e. The molecule has 0 spiro atoms. The number of thioether (sulfide) groups is 1. The van der Waals surface area contributed by atoms with E-state index in [1.54, 1.807) is 11.8 Å². The minimum Gasteiger partial charge on any atom is -0.398 e. The molecule has 0 amide bonds. The van der Waals surface area contributed by atoms with Gasteiger partial charge in [-0.2, -0.15) is 0 Å². The molecule has 0 aliphatic carbocycles. The molecule has 0 radical (unpaired) electrons. The van der Waals surface area contributed by atoms with Gasteiger partial charge in [-0.05, 0) is 30.4 Å². The minimum atomic E-state index is 0.571. The van der Waals surface area contributed by atoms with E-state index in [2.05, 4.69) is 18.4 Å². The molecule has 1 unspecified atom stereocenters. The molecule has 1 aliphatic rings. The first-order valence-corrected chi connectivity index (χ1v) is 7.05. The number of anilines is 1. The van der Waals surface area contributed by atoms with E-state index in [9.17, 15) is 0 Å². The van der Waals surface area contributed by atoms with Crippen molar-refractivity contribution in [2.45, 2.75) is 31.1 Å². The average Bonchev–Trinajstić information content (AvgIpc) is 2.86. The lowest BCUT2D eigenvalue weighted by molar-refractivity contribution is 0.194. The zero-order chi connectivity index (χ0) is 12.0. The number of ether oxygens (including phenoxy) is 1. The molecular formula is C13H21NOS. The van der Waals surface area contributed by atoms with Crippen LogP contribution in [-0.4, -0.2) is 19.5 Å². The lowest BCUT2D eigenvalue weighted by atomic mass is 9.98. The van der Waals surface area contributed by atoms with Crippen molar-refractivity contribution >= 4 is 17.4 Å². The van der Waals surface area contributed by atoms with E-state index in [1.165, 1.54) is 10.5 Å². The Morgan fingerprint density at radius 3 is 2.69 bits per heavy atom. The Morgan fingerprint density at radius 1 is 1.38 bits per heavy atom. The lowest BCUT2D eigenvalue weighted by Crippen LogP contribution is -1.99. The second-order valence-corrected chi connectivity index (χ2v) is 4.41. The third-order valence-corrected chi connectivity index (χ3v) is 3.45. The van der Waals surface area contributed by atoms with Crippen LogP contribution < -0.4 is 5.73 Å². The van der Waals surface area contributed by atoms with Crippen molar-refractivity contribution < 1.29 is 4.74 Å². The zero-order valence-corrected chi connectivity index (χ0v) is 11.1. The topological polar surface area (TPSA) is 35.2 Å². The van der Waals surface area contributed by atoms with Gasteiger partial charge in [0.15, 0.2) is 0 Å². The van der Waals surface area contributed by atoms with Crippen molar-refractivity contribution in [3.05, 3.63) is 23.8 Å². The monoisotopic (exact) mass is 239 g/mol. The molecule has 1 atom stereocenters. The second-order valence-electron chi connectivity index (χ2n) is 3.56. The van der Waals surface area contributed by atoms with Gasteiger partial charge >= 0.3 is 0 Å². The Kier molecular flexibility index (Phi) is 5.71. The fraction of sp³-hybridized carbons (Fsp3) is 0.538. The molecule has 0 saturated carbocycles. The minimum absolute atomic E-state index is 0.571. The first-order valence-electron chi connectivity index (χ1n) is 5.82. The maximum absolute atomic E-state index is 5.85. The van der Waals surface area contributed by atoms with Crippen molar-refractivity contribution in [1.29, 1.82) is 0 Å². The summed E-state index contributed by atoms with van der Waals surface area (Å²) in [6.07, 6.45) is 3.19. The molecule has 2 N–H and O–H groups in total. The highest BCUT2D eigenvalue weighted by molar-refractivity contribution is 7.98. The maximum Gasteiger partial charge on any atom is 0.0535 e. The van der Waals surface area contributed by atoms with Gasteiger partial charge in [-0.15, -0.1) is 11.8 Å². The number of hydrogen-bond acceptors (Lipinski definition) is 3. The van der Waals surface area contributed by atoms with E-state index in [4.69, 9.17) is 10.5 Å². The third-order valence-electron chi connectivity index (χ3n) is 2.66. The number of nitrogens with two attached hydrogens (primary N) is 1. The summed E-state index contributed by atoms with van der Waals surface area (Å²) in [6, 6.07) is 6.31. The van der Waals surface area contributed by atoms with Crippen molar-refractivity contribution in [3.8, 4) is 0 Å². The molecule has 0 bridgehead atoms. The van der Waals surface area contributed by atoms with Gasteiger partial charge in [0.25, 0.3) is 0 Å². The molecule has 90 valence electrons. The van der Waals surface area contributed by atoms with Gasteiger partial charge in [-0.25, -0.2) is 0 Å². The summed E-state index contributed by atoms with van der Waals surface area (Å²) >= 11 is 1.70. The molecule has 1 heterocycles. The van der Waals surface area contributed by atoms with Crippen LogP contribution >= 0.6 is 11.8 Å². The highest BCUT2D eigenvalue weighted by Crippen LogP contribution is 2.30. The number of nitrogen functional groups attached to an aromatic ring is 1. The maximum atomic E-state index is 5.85. The number of rotatable bonds is 2. The van der Waals surface area contributed by atoms with Crippen molar-refractivity contribution in [1.82, 2.24) is 0 Å². The summed E-state index contributed by atoms with van der Waals surface area (Å²) in [7, 11) is 0. The summed E-state index contributed by atoms with van der Waals surface area (Å²) in [5.74, 6) is 0.571. The van der Waals surface area contributed by atoms with E-state index in [0.29, 0.717) is 5.92 Å². The Morgan fingerprint density at radius 2 is 2.12 bits per heavy atom. The molecule has 0 aromatic heterocycles. The first-order chi connectivity index (χ1) is 7.81. The molecule has 1 fully saturated rings. The predicted molar refractivity (Wildman–Crippen MR) is 72.2 cm³/mol. The van der Waals surface area contributed by atoms with E-state index in [1.807, 2.05) is 19.9 Å². The van der Waals surface area contributed by atoms with E-state index in [0.717, 1.165) is 25.3 Å². The quantitative estimate of drug-likeness (QED) is 0.633. The number of benzene rings is 1. The fourth-order valence-corrected chi connectivity index (χ4v) is 2.34. The smallest absolute Gasteiger partial charge is 0.0535 e. The Bertz CT molecular complexity index is 322. The van der Waals surface area contributed by atoms with Crippen molar-refractivity contribution in [3.63, 3.8) is 0 Å². The Balaban J connectivity index is 0.000000606. The normalized spacial score (nSPS) is 19.1. The van der Waals surface area contributed by atoms with Crippen molar-refractivity contribution in [2.24, 2.45) is 0 Å². The molecule has 1 aromatic rings. The van der Waals surface area contributed by atoms with Crippen LogP contribution in [-0.2, 0) is 4.74 Å². The molecule has 3 heteroatoms. The van der Waals surface area contributed by atoms with E-state index in [-0.39, 0.29) is 0 Å². The van der Waals surface area contributed by atoms with Crippen LogP contribution in [0, 0.1) is 0 Å². The summed E-state index contributed by atoms with van der Waals surface area (Å²) < 4.78 is 5.38. The Hall–Kier alpha value is -0.670. The van der Waals surface area contributed by atoms with Crippen LogP contribution in [0.4, 0.5) is 5.69 Å². The van der Waals surface area contributed by atoms with Gasteiger partial charge in [0.05, 0.1) is 6.61 Å². The summed E-state index contributed by atoms with van der Waals surface area (Å²) in [5.41, 5.74) is 8.08. The average molecular weight is 239 g/mol. The van der Waals surface area contributed by atoms with Crippen LogP contribution in [0.1, 0.15) is 31.7 Å².